The molecule has 0 aliphatic rings. The number of carbonyl (C=O) groups excluding carboxylic acids is 1. The Morgan fingerprint density at radius 2 is 2.00 bits per heavy atom. The Labute approximate surface area is 122 Å². The van der Waals surface area contributed by atoms with Gasteiger partial charge in [0, 0.05) is 17.8 Å². The van der Waals surface area contributed by atoms with Crippen LogP contribution < -0.4 is 20.1 Å². The molecule has 7 nitrogen and oxygen atoms in total. The Morgan fingerprint density at radius 3 is 2.62 bits per heavy atom. The number of hydrogen-bond donors (Lipinski definition) is 2. The lowest BCUT2D eigenvalue weighted by Gasteiger charge is -2.10. The van der Waals surface area contributed by atoms with Gasteiger partial charge in [0.25, 0.3) is 0 Å². The fraction of sp³-hybridized carbons (Fsp3) is 0.286. The Hall–Kier alpha value is -2.70. The summed E-state index contributed by atoms with van der Waals surface area (Å²) < 4.78 is 15.2. The largest absolute Gasteiger partial charge is 0.493 e. The highest BCUT2D eigenvalue weighted by molar-refractivity contribution is 5.92. The summed E-state index contributed by atoms with van der Waals surface area (Å²) in [5, 5.41) is 9.30. The number of anilines is 2. The van der Waals surface area contributed by atoms with E-state index in [4.69, 9.17) is 14.0 Å². The third-order valence-corrected chi connectivity index (χ3v) is 2.73. The van der Waals surface area contributed by atoms with Crippen LogP contribution >= 0.6 is 0 Å². The van der Waals surface area contributed by atoms with E-state index in [2.05, 4.69) is 15.8 Å². The Bertz CT molecular complexity index is 624. The van der Waals surface area contributed by atoms with Gasteiger partial charge >= 0.3 is 0 Å². The smallest absolute Gasteiger partial charge is 0.244 e. The highest BCUT2D eigenvalue weighted by Crippen LogP contribution is 2.29. The summed E-state index contributed by atoms with van der Waals surface area (Å²) in [6.45, 7) is 1.85. The molecular formula is C14H17N3O4. The molecule has 0 atom stereocenters. The highest BCUT2D eigenvalue weighted by Gasteiger charge is 2.08. The summed E-state index contributed by atoms with van der Waals surface area (Å²) in [4.78, 5) is 11.8. The second kappa shape index (κ2) is 6.65. The lowest BCUT2D eigenvalue weighted by Crippen LogP contribution is -2.21. The number of rotatable bonds is 6. The van der Waals surface area contributed by atoms with Crippen molar-refractivity contribution in [3.05, 3.63) is 30.0 Å². The summed E-state index contributed by atoms with van der Waals surface area (Å²) in [5.41, 5.74) is 0.749. The minimum atomic E-state index is -0.224. The fourth-order valence-electron chi connectivity index (χ4n) is 1.74. The number of aryl methyl sites for hydroxylation is 1. The molecule has 0 aliphatic carbocycles. The minimum Gasteiger partial charge on any atom is -0.493 e. The Morgan fingerprint density at radius 1 is 1.24 bits per heavy atom. The van der Waals surface area contributed by atoms with Gasteiger partial charge in [-0.2, -0.15) is 0 Å². The van der Waals surface area contributed by atoms with Crippen molar-refractivity contribution in [2.45, 2.75) is 6.92 Å². The number of nitrogens with zero attached hydrogens (tertiary/aromatic N) is 1. The van der Waals surface area contributed by atoms with Gasteiger partial charge in [0.15, 0.2) is 17.3 Å². The van der Waals surface area contributed by atoms with E-state index in [1.807, 2.05) is 0 Å². The van der Waals surface area contributed by atoms with Crippen molar-refractivity contribution < 1.29 is 18.8 Å². The maximum Gasteiger partial charge on any atom is 0.244 e. The molecule has 0 fully saturated rings. The van der Waals surface area contributed by atoms with E-state index < -0.39 is 0 Å². The van der Waals surface area contributed by atoms with Gasteiger partial charge in [-0.15, -0.1) is 0 Å². The number of nitrogens with one attached hydrogen (secondary N) is 2. The molecular weight excluding hydrogens is 274 g/mol. The molecule has 0 aliphatic heterocycles. The molecule has 112 valence electrons. The molecule has 0 saturated heterocycles. The maximum atomic E-state index is 11.8. The van der Waals surface area contributed by atoms with Crippen molar-refractivity contribution in [2.24, 2.45) is 0 Å². The van der Waals surface area contributed by atoms with Crippen LogP contribution in [0, 0.1) is 6.92 Å². The van der Waals surface area contributed by atoms with Gasteiger partial charge in [-0.3, -0.25) is 4.79 Å². The van der Waals surface area contributed by atoms with Crippen LogP contribution in [0.2, 0.25) is 0 Å². The molecule has 0 unspecified atom stereocenters. The first-order chi connectivity index (χ1) is 10.1. The van der Waals surface area contributed by atoms with E-state index in [1.54, 1.807) is 45.4 Å². The van der Waals surface area contributed by atoms with Gasteiger partial charge in [-0.25, -0.2) is 0 Å². The lowest BCUT2D eigenvalue weighted by atomic mass is 10.2. The molecule has 2 aromatic rings. The molecule has 0 radical (unpaired) electrons. The molecule has 1 aromatic heterocycles. The number of hydrogen-bond acceptors (Lipinski definition) is 6. The molecule has 2 N–H and O–H groups in total. The standard InChI is InChI=1S/C14H17N3O4/c1-9-6-13(17-21-9)16-14(18)8-15-10-4-5-11(19-2)12(7-10)20-3/h4-7,15H,8H2,1-3H3,(H,16,17,18). The van der Waals surface area contributed by atoms with Crippen LogP contribution in [0.15, 0.2) is 28.8 Å². The van der Waals surface area contributed by atoms with E-state index in [0.717, 1.165) is 5.69 Å². The fourth-order valence-corrected chi connectivity index (χ4v) is 1.74. The summed E-state index contributed by atoms with van der Waals surface area (Å²) in [5.74, 6) is 2.03. The second-order valence-corrected chi connectivity index (χ2v) is 4.29. The van der Waals surface area contributed by atoms with Crippen molar-refractivity contribution in [2.75, 3.05) is 31.4 Å². The first kappa shape index (κ1) is 14.7. The monoisotopic (exact) mass is 291 g/mol. The zero-order valence-electron chi connectivity index (χ0n) is 12.1. The summed E-state index contributed by atoms with van der Waals surface area (Å²) >= 11 is 0. The molecule has 1 aromatic carbocycles. The molecule has 2 rings (SSSR count). The zero-order valence-corrected chi connectivity index (χ0v) is 12.1. The van der Waals surface area contributed by atoms with Crippen LogP contribution in [0.3, 0.4) is 0 Å². The van der Waals surface area contributed by atoms with Crippen molar-refractivity contribution in [3.8, 4) is 11.5 Å². The molecule has 7 heteroatoms. The molecule has 1 heterocycles. The first-order valence-corrected chi connectivity index (χ1v) is 6.31. The summed E-state index contributed by atoms with van der Waals surface area (Å²) in [6.07, 6.45) is 0. The van der Waals surface area contributed by atoms with E-state index >= 15 is 0 Å². The maximum absolute atomic E-state index is 11.8. The third kappa shape index (κ3) is 3.88. The molecule has 0 bridgehead atoms. The number of methoxy groups -OCH3 is 2. The lowest BCUT2D eigenvalue weighted by molar-refractivity contribution is -0.114. The SMILES string of the molecule is COc1ccc(NCC(=O)Nc2cc(C)on2)cc1OC. The quantitative estimate of drug-likeness (QED) is 0.847. The molecule has 1 amide bonds. The normalized spacial score (nSPS) is 10.0. The van der Waals surface area contributed by atoms with E-state index in [9.17, 15) is 4.79 Å². The van der Waals surface area contributed by atoms with Crippen LogP contribution in [0.1, 0.15) is 5.76 Å². The average molecular weight is 291 g/mol. The first-order valence-electron chi connectivity index (χ1n) is 6.31. The van der Waals surface area contributed by atoms with Gasteiger partial charge in [0.05, 0.1) is 20.8 Å². The van der Waals surface area contributed by atoms with E-state index in [1.165, 1.54) is 0 Å². The van der Waals surface area contributed by atoms with Crippen molar-refractivity contribution >= 4 is 17.4 Å². The van der Waals surface area contributed by atoms with Gasteiger partial charge in [-0.05, 0) is 19.1 Å². The van der Waals surface area contributed by atoms with Gasteiger partial charge in [-0.1, -0.05) is 5.16 Å². The molecule has 0 saturated carbocycles. The number of amides is 1. The number of benzene rings is 1. The topological polar surface area (TPSA) is 85.6 Å². The van der Waals surface area contributed by atoms with E-state index in [-0.39, 0.29) is 12.5 Å². The van der Waals surface area contributed by atoms with Gasteiger partial charge in [0.1, 0.15) is 5.76 Å². The van der Waals surface area contributed by atoms with Crippen LogP contribution in [0.4, 0.5) is 11.5 Å². The second-order valence-electron chi connectivity index (χ2n) is 4.29. The molecule has 21 heavy (non-hydrogen) atoms. The van der Waals surface area contributed by atoms with Crippen LogP contribution in [0.25, 0.3) is 0 Å². The van der Waals surface area contributed by atoms with E-state index in [0.29, 0.717) is 23.1 Å². The number of ether oxygens (including phenoxy) is 2. The molecule has 0 spiro atoms. The summed E-state index contributed by atoms with van der Waals surface area (Å²) in [6, 6.07) is 6.97. The Kier molecular flexibility index (Phi) is 4.65. The van der Waals surface area contributed by atoms with Crippen molar-refractivity contribution in [1.29, 1.82) is 0 Å². The Balaban J connectivity index is 1.91. The number of carbonyl (C=O) groups is 1. The highest BCUT2D eigenvalue weighted by atomic mass is 16.5. The van der Waals surface area contributed by atoms with Crippen molar-refractivity contribution in [3.63, 3.8) is 0 Å². The summed E-state index contributed by atoms with van der Waals surface area (Å²) in [7, 11) is 3.12. The van der Waals surface area contributed by atoms with Gasteiger partial charge < -0.3 is 24.6 Å². The predicted octanol–water partition coefficient (Wildman–Crippen LogP) is 2.05. The van der Waals surface area contributed by atoms with Gasteiger partial charge in [0.2, 0.25) is 5.91 Å². The van der Waals surface area contributed by atoms with Crippen LogP contribution in [-0.2, 0) is 4.79 Å². The third-order valence-electron chi connectivity index (χ3n) is 2.73. The average Bonchev–Trinajstić information content (AvgIpc) is 2.89. The van der Waals surface area contributed by atoms with Crippen molar-refractivity contribution in [1.82, 2.24) is 5.16 Å². The zero-order chi connectivity index (χ0) is 15.2. The predicted molar refractivity (Wildman–Crippen MR) is 77.9 cm³/mol. The van der Waals surface area contributed by atoms with Crippen LogP contribution in [-0.4, -0.2) is 31.8 Å². The van der Waals surface area contributed by atoms with Crippen LogP contribution in [0.5, 0.6) is 11.5 Å². The minimum absolute atomic E-state index is 0.0986. The number of aromatic nitrogens is 1.